The van der Waals surface area contributed by atoms with Gasteiger partial charge in [-0.25, -0.2) is 0 Å². The van der Waals surface area contributed by atoms with Gasteiger partial charge in [0.1, 0.15) is 0 Å². The van der Waals surface area contributed by atoms with Gasteiger partial charge in [0.25, 0.3) is 0 Å². The Morgan fingerprint density at radius 3 is 2.16 bits per heavy atom. The Hall–Kier alpha value is -3.22. The van der Waals surface area contributed by atoms with E-state index in [0.717, 1.165) is 68.6 Å². The number of benzene rings is 3. The van der Waals surface area contributed by atoms with Crippen LogP contribution in [0.1, 0.15) is 68.4 Å². The van der Waals surface area contributed by atoms with E-state index >= 15 is 0 Å². The van der Waals surface area contributed by atoms with Crippen molar-refractivity contribution in [1.82, 2.24) is 15.2 Å². The second kappa shape index (κ2) is 16.0. The second-order valence-electron chi connectivity index (χ2n) is 11.9. The molecule has 1 heterocycles. The first-order chi connectivity index (χ1) is 20.6. The number of nitrogen functional groups attached to an aromatic ring is 1. The Balaban J connectivity index is 0.00000248. The van der Waals surface area contributed by atoms with Gasteiger partial charge in [-0.3, -0.25) is 4.79 Å². The summed E-state index contributed by atoms with van der Waals surface area (Å²) in [5, 5.41) is 4.89. The molecule has 0 aliphatic rings. The number of aryl methyl sites for hydroxylation is 3. The number of unbranched alkanes of at least 4 members (excludes halogenated alkanes) is 1. The van der Waals surface area contributed by atoms with Gasteiger partial charge >= 0.3 is 0 Å². The first-order valence-corrected chi connectivity index (χ1v) is 16.6. The van der Waals surface area contributed by atoms with Gasteiger partial charge in [-0.1, -0.05) is 35.4 Å². The Labute approximate surface area is 265 Å². The van der Waals surface area contributed by atoms with Crippen LogP contribution in [0, 0.1) is 13.8 Å². The molecule has 4 rings (SSSR count). The molecular formula is C37H52N4OS. The van der Waals surface area contributed by atoms with Crippen molar-refractivity contribution in [2.24, 2.45) is 0 Å². The number of hydrogen-bond acceptors (Lipinski definition) is 4. The van der Waals surface area contributed by atoms with E-state index in [1.54, 1.807) is 6.26 Å². The fourth-order valence-corrected chi connectivity index (χ4v) is 5.89. The lowest BCUT2D eigenvalue weighted by molar-refractivity contribution is -0.135. The van der Waals surface area contributed by atoms with E-state index in [1.165, 1.54) is 38.9 Å². The van der Waals surface area contributed by atoms with Crippen LogP contribution in [0.2, 0.25) is 0 Å². The van der Waals surface area contributed by atoms with Crippen LogP contribution in [0.15, 0.2) is 60.7 Å². The summed E-state index contributed by atoms with van der Waals surface area (Å²) in [5.41, 5.74) is 15.8. The van der Waals surface area contributed by atoms with Crippen LogP contribution in [0.4, 0.5) is 5.69 Å². The van der Waals surface area contributed by atoms with Gasteiger partial charge in [-0.2, -0.15) is 12.6 Å². The molecule has 1 aromatic heterocycles. The summed E-state index contributed by atoms with van der Waals surface area (Å²) in [6, 6.07) is 21.5. The Morgan fingerprint density at radius 1 is 0.884 bits per heavy atom. The highest BCUT2D eigenvalue weighted by atomic mass is 32.1. The van der Waals surface area contributed by atoms with E-state index in [-0.39, 0.29) is 5.91 Å². The van der Waals surface area contributed by atoms with Gasteiger partial charge in [0, 0.05) is 35.4 Å². The average Bonchev–Trinajstić information content (AvgIpc) is 3.36. The third-order valence-corrected chi connectivity index (χ3v) is 8.32. The van der Waals surface area contributed by atoms with Crippen molar-refractivity contribution in [2.45, 2.75) is 72.6 Å². The molecule has 0 fully saturated rings. The third kappa shape index (κ3) is 8.67. The molecule has 0 radical (unpaired) electrons. The minimum atomic E-state index is -0.600. The predicted octanol–water partition coefficient (Wildman–Crippen LogP) is 7.88. The van der Waals surface area contributed by atoms with Crippen LogP contribution in [0.5, 0.6) is 0 Å². The Kier molecular flexibility index (Phi) is 12.8. The predicted molar refractivity (Wildman–Crippen MR) is 189 cm³/mol. The number of fused-ring (bicyclic) bond motifs is 1. The standard InChI is InChI=1S/C36H48N4O.CH4S/c1-7-40(8-2)35(41)36(5,6)29-14-17-33-32(24-29)31(34(39-33)28-22-25(3)21-26(4)23-28)18-20-38-19-10-9-11-27-12-15-30(37)16-13-27;1-2/h12-17,21-24,38-39H,7-11,18-20,37H2,1-6H3;2H,1H3. The minimum absolute atomic E-state index is 0.175. The lowest BCUT2D eigenvalue weighted by atomic mass is 9.82. The maximum atomic E-state index is 13.5. The number of thiol groups is 1. The molecule has 0 unspecified atom stereocenters. The molecule has 0 aliphatic heterocycles. The minimum Gasteiger partial charge on any atom is -0.399 e. The molecule has 0 saturated carbocycles. The molecule has 0 bridgehead atoms. The molecule has 0 aliphatic carbocycles. The summed E-state index contributed by atoms with van der Waals surface area (Å²) in [6.45, 7) is 15.9. The Bertz CT molecular complexity index is 1450. The number of aromatic amines is 1. The van der Waals surface area contributed by atoms with Crippen molar-refractivity contribution >= 4 is 35.1 Å². The van der Waals surface area contributed by atoms with Gasteiger partial charge < -0.3 is 20.9 Å². The molecule has 232 valence electrons. The lowest BCUT2D eigenvalue weighted by Gasteiger charge is -2.31. The average molecular weight is 601 g/mol. The number of H-pyrrole nitrogens is 1. The number of anilines is 1. The van der Waals surface area contributed by atoms with Gasteiger partial charge in [-0.05, 0) is 145 Å². The summed E-state index contributed by atoms with van der Waals surface area (Å²) < 4.78 is 0. The number of amides is 1. The van der Waals surface area contributed by atoms with E-state index in [2.05, 4.69) is 99.2 Å². The third-order valence-electron chi connectivity index (χ3n) is 8.32. The molecule has 3 aromatic carbocycles. The first kappa shape index (κ1) is 34.3. The summed E-state index contributed by atoms with van der Waals surface area (Å²) >= 11 is 3.53. The quantitative estimate of drug-likeness (QED) is 0.0717. The summed E-state index contributed by atoms with van der Waals surface area (Å²) in [4.78, 5) is 19.1. The van der Waals surface area contributed by atoms with Crippen molar-refractivity contribution in [1.29, 1.82) is 0 Å². The number of nitrogens with zero attached hydrogens (tertiary/aromatic N) is 1. The SMILES string of the molecule is CCN(CC)C(=O)C(C)(C)c1ccc2[nH]c(-c3cc(C)cc(C)c3)c(CCNCCCCc3ccc(N)cc3)c2c1.CS. The van der Waals surface area contributed by atoms with Crippen molar-refractivity contribution in [3.8, 4) is 11.3 Å². The number of carbonyl (C=O) groups excluding carboxylic acids is 1. The topological polar surface area (TPSA) is 74.2 Å². The van der Waals surface area contributed by atoms with Gasteiger partial charge in [0.15, 0.2) is 0 Å². The van der Waals surface area contributed by atoms with Crippen LogP contribution in [0.25, 0.3) is 22.2 Å². The maximum absolute atomic E-state index is 13.5. The van der Waals surface area contributed by atoms with Crippen molar-refractivity contribution in [3.05, 3.63) is 88.5 Å². The zero-order valence-electron chi connectivity index (χ0n) is 27.3. The molecule has 0 atom stereocenters. The zero-order valence-corrected chi connectivity index (χ0v) is 28.2. The highest BCUT2D eigenvalue weighted by Gasteiger charge is 2.33. The molecule has 0 saturated heterocycles. The molecular weight excluding hydrogens is 549 g/mol. The molecule has 1 amide bonds. The molecule has 4 N–H and O–H groups in total. The van der Waals surface area contributed by atoms with E-state index in [9.17, 15) is 4.79 Å². The number of likely N-dealkylation sites (N-methyl/N-ethyl adjacent to an activating group) is 1. The molecule has 43 heavy (non-hydrogen) atoms. The van der Waals surface area contributed by atoms with E-state index in [1.807, 2.05) is 30.9 Å². The maximum Gasteiger partial charge on any atom is 0.232 e. The number of nitrogens with two attached hydrogens (primary N) is 1. The molecule has 4 aromatic rings. The normalized spacial score (nSPS) is 11.3. The molecule has 6 heteroatoms. The van der Waals surface area contributed by atoms with Crippen molar-refractivity contribution in [2.75, 3.05) is 38.2 Å². The largest absolute Gasteiger partial charge is 0.399 e. The van der Waals surface area contributed by atoms with Crippen LogP contribution < -0.4 is 11.1 Å². The summed E-state index contributed by atoms with van der Waals surface area (Å²) in [6.07, 6.45) is 5.96. The zero-order chi connectivity index (χ0) is 31.6. The van der Waals surface area contributed by atoms with Gasteiger partial charge in [-0.15, -0.1) is 0 Å². The Morgan fingerprint density at radius 2 is 1.53 bits per heavy atom. The number of aromatic nitrogens is 1. The van der Waals surface area contributed by atoms with E-state index < -0.39 is 5.41 Å². The number of rotatable bonds is 13. The molecule has 5 nitrogen and oxygen atoms in total. The fraction of sp³-hybridized carbons (Fsp3) is 0.432. The summed E-state index contributed by atoms with van der Waals surface area (Å²) in [5.74, 6) is 0.175. The number of hydrogen-bond donors (Lipinski definition) is 4. The lowest BCUT2D eigenvalue weighted by Crippen LogP contribution is -2.43. The van der Waals surface area contributed by atoms with Crippen LogP contribution in [0.3, 0.4) is 0 Å². The first-order valence-electron chi connectivity index (χ1n) is 15.7. The number of nitrogens with one attached hydrogen (secondary N) is 2. The fourth-order valence-electron chi connectivity index (χ4n) is 5.89. The monoisotopic (exact) mass is 600 g/mol. The highest BCUT2D eigenvalue weighted by Crippen LogP contribution is 2.35. The second-order valence-corrected chi connectivity index (χ2v) is 11.9. The number of carbonyl (C=O) groups is 1. The van der Waals surface area contributed by atoms with E-state index in [0.29, 0.717) is 0 Å². The van der Waals surface area contributed by atoms with Crippen LogP contribution in [-0.2, 0) is 23.1 Å². The smallest absolute Gasteiger partial charge is 0.232 e. The van der Waals surface area contributed by atoms with Gasteiger partial charge in [0.05, 0.1) is 5.41 Å². The molecule has 0 spiro atoms. The van der Waals surface area contributed by atoms with Crippen LogP contribution >= 0.6 is 12.6 Å². The van der Waals surface area contributed by atoms with E-state index in [4.69, 9.17) is 5.73 Å². The van der Waals surface area contributed by atoms with Crippen molar-refractivity contribution in [3.63, 3.8) is 0 Å². The highest BCUT2D eigenvalue weighted by molar-refractivity contribution is 7.79. The van der Waals surface area contributed by atoms with Crippen molar-refractivity contribution < 1.29 is 4.79 Å². The van der Waals surface area contributed by atoms with Crippen LogP contribution in [-0.4, -0.2) is 48.2 Å². The van der Waals surface area contributed by atoms with Gasteiger partial charge in [0.2, 0.25) is 5.91 Å². The summed E-state index contributed by atoms with van der Waals surface area (Å²) in [7, 11) is 0.